The summed E-state index contributed by atoms with van der Waals surface area (Å²) in [6.07, 6.45) is 1.26. The van der Waals surface area contributed by atoms with Gasteiger partial charge in [0.15, 0.2) is 0 Å². The first-order chi connectivity index (χ1) is 9.54. The topological polar surface area (TPSA) is 15.3 Å². The molecule has 4 unspecified atom stereocenters. The van der Waals surface area contributed by atoms with E-state index in [9.17, 15) is 0 Å². The molecule has 1 saturated heterocycles. The lowest BCUT2D eigenvalue weighted by atomic mass is 9.92. The van der Waals surface area contributed by atoms with Crippen molar-refractivity contribution in [2.24, 2.45) is 11.8 Å². The highest BCUT2D eigenvalue weighted by atomic mass is 32.1. The molecule has 0 aliphatic carbocycles. The second-order valence-corrected chi connectivity index (χ2v) is 7.63. The van der Waals surface area contributed by atoms with E-state index in [4.69, 9.17) is 0 Å². The zero-order valence-electron chi connectivity index (χ0n) is 13.6. The fourth-order valence-electron chi connectivity index (χ4n) is 3.30. The van der Waals surface area contributed by atoms with Crippen LogP contribution in [0.3, 0.4) is 0 Å². The Morgan fingerprint density at radius 2 is 2.15 bits per heavy atom. The molecule has 0 bridgehead atoms. The van der Waals surface area contributed by atoms with Crippen molar-refractivity contribution < 1.29 is 0 Å². The standard InChI is InChI=1S/C17H30N2S/c1-6-13(4)15-11-19(14(5)10-18-15)17(12(2)3)16-8-7-9-20-16/h7-9,12-15,17-18H,6,10-11H2,1-5H3. The first-order valence-corrected chi connectivity index (χ1v) is 8.95. The minimum atomic E-state index is 0.568. The Balaban J connectivity index is 2.18. The van der Waals surface area contributed by atoms with Crippen molar-refractivity contribution in [1.29, 1.82) is 0 Å². The molecule has 114 valence electrons. The number of thiophene rings is 1. The third kappa shape index (κ3) is 3.44. The Bertz CT molecular complexity index is 388. The monoisotopic (exact) mass is 294 g/mol. The summed E-state index contributed by atoms with van der Waals surface area (Å²) < 4.78 is 0. The summed E-state index contributed by atoms with van der Waals surface area (Å²) in [5, 5.41) is 5.96. The number of hydrogen-bond acceptors (Lipinski definition) is 3. The maximum Gasteiger partial charge on any atom is 0.0468 e. The van der Waals surface area contributed by atoms with E-state index in [-0.39, 0.29) is 0 Å². The Hall–Kier alpha value is -0.380. The van der Waals surface area contributed by atoms with Gasteiger partial charge in [0.2, 0.25) is 0 Å². The van der Waals surface area contributed by atoms with Crippen molar-refractivity contribution in [1.82, 2.24) is 10.2 Å². The SMILES string of the molecule is CCC(C)C1CN(C(c2cccs2)C(C)C)C(C)CN1. The molecule has 0 saturated carbocycles. The molecule has 0 aromatic carbocycles. The number of rotatable bonds is 5. The van der Waals surface area contributed by atoms with Gasteiger partial charge in [-0.3, -0.25) is 4.90 Å². The van der Waals surface area contributed by atoms with Crippen molar-refractivity contribution in [2.75, 3.05) is 13.1 Å². The molecule has 1 aromatic heterocycles. The molecule has 1 aromatic rings. The van der Waals surface area contributed by atoms with E-state index < -0.39 is 0 Å². The molecule has 0 spiro atoms. The van der Waals surface area contributed by atoms with E-state index in [1.54, 1.807) is 0 Å². The minimum Gasteiger partial charge on any atom is -0.311 e. The molecule has 20 heavy (non-hydrogen) atoms. The summed E-state index contributed by atoms with van der Waals surface area (Å²) in [4.78, 5) is 4.26. The van der Waals surface area contributed by atoms with Gasteiger partial charge < -0.3 is 5.32 Å². The van der Waals surface area contributed by atoms with Gasteiger partial charge in [0, 0.05) is 36.1 Å². The van der Waals surface area contributed by atoms with E-state index in [0.29, 0.717) is 24.0 Å². The molecule has 1 N–H and O–H groups in total. The lowest BCUT2D eigenvalue weighted by Crippen LogP contribution is -2.58. The van der Waals surface area contributed by atoms with Gasteiger partial charge in [0.25, 0.3) is 0 Å². The van der Waals surface area contributed by atoms with Crippen LogP contribution in [0.2, 0.25) is 0 Å². The zero-order chi connectivity index (χ0) is 14.7. The summed E-state index contributed by atoms with van der Waals surface area (Å²) in [5.74, 6) is 1.41. The minimum absolute atomic E-state index is 0.568. The van der Waals surface area contributed by atoms with E-state index in [1.807, 2.05) is 11.3 Å². The lowest BCUT2D eigenvalue weighted by Gasteiger charge is -2.46. The van der Waals surface area contributed by atoms with E-state index in [0.717, 1.165) is 12.5 Å². The number of nitrogens with zero attached hydrogens (tertiary/aromatic N) is 1. The second kappa shape index (κ2) is 7.06. The van der Waals surface area contributed by atoms with Crippen LogP contribution < -0.4 is 5.32 Å². The second-order valence-electron chi connectivity index (χ2n) is 6.65. The largest absolute Gasteiger partial charge is 0.311 e. The summed E-state index contributed by atoms with van der Waals surface area (Å²) in [7, 11) is 0. The van der Waals surface area contributed by atoms with Gasteiger partial charge in [-0.2, -0.15) is 0 Å². The molecular weight excluding hydrogens is 264 g/mol. The summed E-state index contributed by atoms with van der Waals surface area (Å²) in [6.45, 7) is 14.0. The van der Waals surface area contributed by atoms with Gasteiger partial charge in [0.1, 0.15) is 0 Å². The Kier molecular flexibility index (Phi) is 5.65. The van der Waals surface area contributed by atoms with Gasteiger partial charge in [0.05, 0.1) is 0 Å². The predicted octanol–water partition coefficient (Wildman–Crippen LogP) is 4.15. The van der Waals surface area contributed by atoms with Gasteiger partial charge in [-0.25, -0.2) is 0 Å². The molecule has 4 atom stereocenters. The van der Waals surface area contributed by atoms with Crippen LogP contribution in [0.4, 0.5) is 0 Å². The van der Waals surface area contributed by atoms with Gasteiger partial charge in [-0.1, -0.05) is 40.2 Å². The van der Waals surface area contributed by atoms with Crippen LogP contribution >= 0.6 is 11.3 Å². The number of hydrogen-bond donors (Lipinski definition) is 1. The van der Waals surface area contributed by atoms with E-state index in [2.05, 4.69) is 62.3 Å². The molecule has 1 fully saturated rings. The van der Waals surface area contributed by atoms with Crippen LogP contribution in [0.25, 0.3) is 0 Å². The number of nitrogens with one attached hydrogen (secondary N) is 1. The lowest BCUT2D eigenvalue weighted by molar-refractivity contribution is 0.0548. The average Bonchev–Trinajstić information content (AvgIpc) is 2.93. The van der Waals surface area contributed by atoms with Crippen molar-refractivity contribution in [3.8, 4) is 0 Å². The highest BCUT2D eigenvalue weighted by Crippen LogP contribution is 2.34. The third-order valence-corrected chi connectivity index (χ3v) is 5.75. The highest BCUT2D eigenvalue weighted by Gasteiger charge is 2.34. The molecule has 2 nitrogen and oxygen atoms in total. The molecule has 2 rings (SSSR count). The fourth-order valence-corrected chi connectivity index (χ4v) is 4.32. The molecule has 0 amide bonds. The van der Waals surface area contributed by atoms with E-state index in [1.165, 1.54) is 17.8 Å². The number of piperazine rings is 1. The predicted molar refractivity (Wildman–Crippen MR) is 89.3 cm³/mol. The van der Waals surface area contributed by atoms with Crippen LogP contribution in [-0.4, -0.2) is 30.1 Å². The smallest absolute Gasteiger partial charge is 0.0468 e. The van der Waals surface area contributed by atoms with Crippen molar-refractivity contribution in [3.63, 3.8) is 0 Å². The molecule has 1 aliphatic rings. The average molecular weight is 295 g/mol. The molecule has 3 heteroatoms. The van der Waals surface area contributed by atoms with Crippen LogP contribution in [0.5, 0.6) is 0 Å². The first kappa shape index (κ1) is 16.0. The quantitative estimate of drug-likeness (QED) is 0.877. The van der Waals surface area contributed by atoms with E-state index >= 15 is 0 Å². The van der Waals surface area contributed by atoms with Gasteiger partial charge in [-0.05, 0) is 30.2 Å². The van der Waals surface area contributed by atoms with Crippen molar-refractivity contribution in [2.45, 2.75) is 59.2 Å². The highest BCUT2D eigenvalue weighted by molar-refractivity contribution is 7.10. The van der Waals surface area contributed by atoms with Crippen LogP contribution in [0.1, 0.15) is 52.0 Å². The van der Waals surface area contributed by atoms with Gasteiger partial charge in [-0.15, -0.1) is 11.3 Å². The Labute approximate surface area is 128 Å². The van der Waals surface area contributed by atoms with Crippen LogP contribution in [0, 0.1) is 11.8 Å². The summed E-state index contributed by atoms with van der Waals surface area (Å²) in [6, 6.07) is 6.32. The summed E-state index contributed by atoms with van der Waals surface area (Å²) in [5.41, 5.74) is 0. The van der Waals surface area contributed by atoms with Crippen molar-refractivity contribution in [3.05, 3.63) is 22.4 Å². The first-order valence-electron chi connectivity index (χ1n) is 8.07. The van der Waals surface area contributed by atoms with Crippen LogP contribution in [0.15, 0.2) is 17.5 Å². The maximum atomic E-state index is 3.75. The molecule has 2 heterocycles. The summed E-state index contributed by atoms with van der Waals surface area (Å²) >= 11 is 1.91. The maximum absolute atomic E-state index is 3.75. The van der Waals surface area contributed by atoms with Gasteiger partial charge >= 0.3 is 0 Å². The molecule has 1 aliphatic heterocycles. The van der Waals surface area contributed by atoms with Crippen molar-refractivity contribution >= 4 is 11.3 Å². The Morgan fingerprint density at radius 3 is 2.70 bits per heavy atom. The molecule has 0 radical (unpaired) electrons. The molecular formula is C17H30N2S. The Morgan fingerprint density at radius 1 is 1.40 bits per heavy atom. The third-order valence-electron chi connectivity index (χ3n) is 4.80. The fraction of sp³-hybridized carbons (Fsp3) is 0.765. The normalized spacial score (nSPS) is 27.7. The van der Waals surface area contributed by atoms with Crippen LogP contribution in [-0.2, 0) is 0 Å². The zero-order valence-corrected chi connectivity index (χ0v) is 14.4.